The molecule has 3 rings (SSSR count). The first-order valence-corrected chi connectivity index (χ1v) is 8.03. The number of rotatable bonds is 2. The summed E-state index contributed by atoms with van der Waals surface area (Å²) in [6, 6.07) is 14.6. The van der Waals surface area contributed by atoms with Crippen LogP contribution in [0.5, 0.6) is 11.5 Å². The largest absolute Gasteiger partial charge is 0.454 e. The molecule has 0 amide bonds. The van der Waals surface area contributed by atoms with Crippen molar-refractivity contribution in [1.29, 1.82) is 0 Å². The molecule has 0 bridgehead atoms. The summed E-state index contributed by atoms with van der Waals surface area (Å²) in [4.78, 5) is 0. The van der Waals surface area contributed by atoms with Gasteiger partial charge in [0.05, 0.1) is 13.7 Å². The molecule has 0 aliphatic rings. The van der Waals surface area contributed by atoms with Crippen LogP contribution in [0.1, 0.15) is 0 Å². The lowest BCUT2D eigenvalue weighted by molar-refractivity contribution is 0.476. The van der Waals surface area contributed by atoms with Gasteiger partial charge in [0.25, 0.3) is 0 Å². The topological polar surface area (TPSA) is 35.2 Å². The maximum Gasteiger partial charge on any atom is 0.153 e. The van der Waals surface area contributed by atoms with Crippen LogP contribution in [0, 0.1) is 9.39 Å². The molecule has 0 aliphatic heterocycles. The monoisotopic (exact) mass is 457 g/mol. The Hall–Kier alpha value is -1.34. The van der Waals surface area contributed by atoms with E-state index in [0.717, 1.165) is 15.2 Å². The lowest BCUT2D eigenvalue weighted by atomic mass is 10.1. The number of fused-ring (bicyclic) bond motifs is 1. The van der Waals surface area contributed by atoms with Crippen LogP contribution in [0.15, 0.2) is 53.0 Å². The minimum Gasteiger partial charge on any atom is -0.454 e. The average molecular weight is 458 g/mol. The highest BCUT2D eigenvalue weighted by molar-refractivity contribution is 14.1. The second kappa shape index (κ2) is 5.81. The van der Waals surface area contributed by atoms with E-state index in [1.165, 1.54) is 6.07 Å². The Kier molecular flexibility index (Phi) is 4.03. The molecule has 0 saturated heterocycles. The Morgan fingerprint density at radius 3 is 2.62 bits per heavy atom. The van der Waals surface area contributed by atoms with E-state index in [1.807, 2.05) is 59.0 Å². The van der Waals surface area contributed by atoms with Gasteiger partial charge < -0.3 is 10.5 Å². The molecule has 0 spiro atoms. The number of hydrogen-bond acceptors (Lipinski definition) is 2. The van der Waals surface area contributed by atoms with Crippen molar-refractivity contribution in [3.05, 3.63) is 62.4 Å². The van der Waals surface area contributed by atoms with Crippen LogP contribution in [0.4, 0.5) is 10.1 Å². The van der Waals surface area contributed by atoms with Gasteiger partial charge in [0.15, 0.2) is 5.75 Å². The zero-order valence-electron chi connectivity index (χ0n) is 10.7. The highest BCUT2D eigenvalue weighted by Crippen LogP contribution is 2.38. The van der Waals surface area contributed by atoms with Crippen LogP contribution >= 0.6 is 38.5 Å². The molecule has 21 heavy (non-hydrogen) atoms. The predicted octanol–water partition coefficient (Wildman–Crippen LogP) is 5.72. The van der Waals surface area contributed by atoms with Crippen molar-refractivity contribution < 1.29 is 9.13 Å². The van der Waals surface area contributed by atoms with Crippen LogP contribution in [0.3, 0.4) is 0 Å². The third kappa shape index (κ3) is 2.85. The lowest BCUT2D eigenvalue weighted by Gasteiger charge is -2.12. The molecule has 0 aliphatic carbocycles. The molecule has 0 unspecified atom stereocenters. The summed E-state index contributed by atoms with van der Waals surface area (Å²) in [5.41, 5.74) is 6.29. The highest BCUT2D eigenvalue weighted by atomic mass is 127. The first-order chi connectivity index (χ1) is 10.1. The summed E-state index contributed by atoms with van der Waals surface area (Å²) >= 11 is 5.43. The number of anilines is 1. The molecule has 0 radical (unpaired) electrons. The van der Waals surface area contributed by atoms with Crippen molar-refractivity contribution in [2.45, 2.75) is 0 Å². The van der Waals surface area contributed by atoms with Crippen molar-refractivity contribution in [2.75, 3.05) is 5.73 Å². The average Bonchev–Trinajstić information content (AvgIpc) is 2.48. The summed E-state index contributed by atoms with van der Waals surface area (Å²) in [5, 5.41) is 2.12. The molecular weight excluding hydrogens is 448 g/mol. The summed E-state index contributed by atoms with van der Waals surface area (Å²) < 4.78 is 20.7. The summed E-state index contributed by atoms with van der Waals surface area (Å²) in [5.74, 6) is 0.557. The molecule has 0 aromatic heterocycles. The maximum absolute atomic E-state index is 13.7. The fraction of sp³-hybridized carbons (Fsp3) is 0. The molecule has 3 aromatic carbocycles. The first-order valence-electron chi connectivity index (χ1n) is 6.16. The third-order valence-corrected chi connectivity index (χ3v) is 4.75. The number of halogens is 3. The van der Waals surface area contributed by atoms with E-state index in [-0.39, 0.29) is 5.82 Å². The number of nitrogens with two attached hydrogens (primary N) is 1. The number of hydrogen-bond donors (Lipinski definition) is 1. The Labute approximate surface area is 143 Å². The van der Waals surface area contributed by atoms with Gasteiger partial charge in [-0.25, -0.2) is 4.39 Å². The summed E-state index contributed by atoms with van der Waals surface area (Å²) in [7, 11) is 0. The minimum atomic E-state index is -0.350. The molecule has 5 heteroatoms. The standard InChI is InChI=1S/C16H10BrFINO/c17-16-10-4-2-1-3-9(10)5-6-14(16)21-15-7-11(18)12(19)8-13(15)20/h1-8H,20H2. The maximum atomic E-state index is 13.7. The van der Waals surface area contributed by atoms with Gasteiger partial charge in [-0.1, -0.05) is 30.3 Å². The van der Waals surface area contributed by atoms with Crippen LogP contribution < -0.4 is 10.5 Å². The molecule has 2 N–H and O–H groups in total. The van der Waals surface area contributed by atoms with Gasteiger partial charge in [0.2, 0.25) is 0 Å². The summed E-state index contributed by atoms with van der Waals surface area (Å²) in [6.45, 7) is 0. The smallest absolute Gasteiger partial charge is 0.153 e. The SMILES string of the molecule is Nc1cc(I)c(F)cc1Oc1ccc2ccccc2c1Br. The molecule has 106 valence electrons. The second-order valence-electron chi connectivity index (χ2n) is 4.51. The Bertz CT molecular complexity index is 838. The van der Waals surface area contributed by atoms with E-state index in [2.05, 4.69) is 15.9 Å². The molecular formula is C16H10BrFINO. The number of nitrogen functional groups attached to an aromatic ring is 1. The van der Waals surface area contributed by atoms with Crippen molar-refractivity contribution in [1.82, 2.24) is 0 Å². The number of ether oxygens (including phenoxy) is 1. The van der Waals surface area contributed by atoms with Gasteiger partial charge in [-0.05, 0) is 61.4 Å². The van der Waals surface area contributed by atoms with Crippen molar-refractivity contribution in [3.8, 4) is 11.5 Å². The van der Waals surface area contributed by atoms with E-state index < -0.39 is 0 Å². The van der Waals surface area contributed by atoms with Gasteiger partial charge in [0.1, 0.15) is 11.6 Å². The van der Waals surface area contributed by atoms with Crippen molar-refractivity contribution in [3.63, 3.8) is 0 Å². The van der Waals surface area contributed by atoms with Crippen LogP contribution in [-0.2, 0) is 0 Å². The molecule has 0 saturated carbocycles. The molecule has 3 aromatic rings. The first kappa shape index (κ1) is 14.6. The highest BCUT2D eigenvalue weighted by Gasteiger charge is 2.11. The zero-order valence-corrected chi connectivity index (χ0v) is 14.5. The molecule has 0 fully saturated rings. The minimum absolute atomic E-state index is 0.309. The molecule has 0 heterocycles. The van der Waals surface area contributed by atoms with E-state index >= 15 is 0 Å². The van der Waals surface area contributed by atoms with E-state index in [0.29, 0.717) is 20.8 Å². The fourth-order valence-electron chi connectivity index (χ4n) is 2.04. The van der Waals surface area contributed by atoms with Gasteiger partial charge in [-0.3, -0.25) is 0 Å². The van der Waals surface area contributed by atoms with Crippen molar-refractivity contribution >= 4 is 55.0 Å². The quantitative estimate of drug-likeness (QED) is 0.394. The van der Waals surface area contributed by atoms with E-state index in [4.69, 9.17) is 10.5 Å². The van der Waals surface area contributed by atoms with Crippen LogP contribution in [0.2, 0.25) is 0 Å². The normalized spacial score (nSPS) is 10.8. The molecule has 2 nitrogen and oxygen atoms in total. The van der Waals surface area contributed by atoms with Gasteiger partial charge in [-0.15, -0.1) is 0 Å². The van der Waals surface area contributed by atoms with Gasteiger partial charge in [0, 0.05) is 6.07 Å². The third-order valence-electron chi connectivity index (χ3n) is 3.10. The Balaban J connectivity index is 2.06. The van der Waals surface area contributed by atoms with Gasteiger partial charge in [-0.2, -0.15) is 0 Å². The van der Waals surface area contributed by atoms with Crippen LogP contribution in [-0.4, -0.2) is 0 Å². The Morgan fingerprint density at radius 2 is 1.81 bits per heavy atom. The van der Waals surface area contributed by atoms with E-state index in [1.54, 1.807) is 6.07 Å². The Morgan fingerprint density at radius 1 is 1.05 bits per heavy atom. The summed E-state index contributed by atoms with van der Waals surface area (Å²) in [6.07, 6.45) is 0. The fourth-order valence-corrected chi connectivity index (χ4v) is 3.11. The number of benzene rings is 3. The second-order valence-corrected chi connectivity index (χ2v) is 6.46. The molecule has 0 atom stereocenters. The van der Waals surface area contributed by atoms with E-state index in [9.17, 15) is 4.39 Å². The predicted molar refractivity (Wildman–Crippen MR) is 95.3 cm³/mol. The van der Waals surface area contributed by atoms with Crippen molar-refractivity contribution in [2.24, 2.45) is 0 Å². The lowest BCUT2D eigenvalue weighted by Crippen LogP contribution is -1.96. The van der Waals surface area contributed by atoms with Crippen LogP contribution in [0.25, 0.3) is 10.8 Å². The van der Waals surface area contributed by atoms with Gasteiger partial charge >= 0.3 is 0 Å². The zero-order chi connectivity index (χ0) is 15.0.